The van der Waals surface area contributed by atoms with Crippen molar-refractivity contribution in [3.8, 4) is 5.75 Å². The van der Waals surface area contributed by atoms with Crippen molar-refractivity contribution in [2.45, 2.75) is 31.0 Å². The van der Waals surface area contributed by atoms with E-state index in [-0.39, 0.29) is 16.3 Å². The van der Waals surface area contributed by atoms with E-state index in [1.54, 1.807) is 6.92 Å². The zero-order valence-electron chi connectivity index (χ0n) is 16.1. The fraction of sp³-hybridized carbons (Fsp3) is 0.350. The van der Waals surface area contributed by atoms with Gasteiger partial charge >= 0.3 is 0 Å². The van der Waals surface area contributed by atoms with E-state index in [1.165, 1.54) is 6.07 Å². The minimum absolute atomic E-state index is 0.00740. The zero-order chi connectivity index (χ0) is 23.2. The third-order valence-corrected chi connectivity index (χ3v) is 6.92. The molecule has 1 aromatic rings. The number of ketones is 2. The highest BCUT2D eigenvalue weighted by Gasteiger charge is 2.64. The number of benzene rings is 1. The van der Waals surface area contributed by atoms with Crippen molar-refractivity contribution in [2.24, 2.45) is 17.6 Å². The maximum absolute atomic E-state index is 13.4. The number of Topliss-reactive ketones (excluding diaryl/α,β-unsaturated/α-hetero) is 2. The maximum Gasteiger partial charge on any atom is 0.255 e. The van der Waals surface area contributed by atoms with Crippen LogP contribution in [0.3, 0.4) is 0 Å². The van der Waals surface area contributed by atoms with Gasteiger partial charge in [-0.3, -0.25) is 14.4 Å². The molecule has 0 unspecified atom stereocenters. The molecule has 0 bridgehead atoms. The first kappa shape index (κ1) is 21.2. The van der Waals surface area contributed by atoms with E-state index in [2.05, 4.69) is 0 Å². The molecule has 4 rings (SSSR count). The molecule has 0 aromatic heterocycles. The van der Waals surface area contributed by atoms with E-state index in [0.29, 0.717) is 5.56 Å². The molecule has 9 N–H and O–H groups in total. The lowest BCUT2D eigenvalue weighted by Crippen LogP contribution is -2.63. The van der Waals surface area contributed by atoms with Gasteiger partial charge in [0.05, 0.1) is 22.4 Å². The number of rotatable bonds is 1. The largest absolute Gasteiger partial charge is 0.508 e. The smallest absolute Gasteiger partial charge is 0.255 e. The zero-order valence-corrected chi connectivity index (χ0v) is 16.8. The van der Waals surface area contributed by atoms with Crippen molar-refractivity contribution in [3.05, 3.63) is 39.1 Å². The average molecular weight is 451 g/mol. The molecule has 3 aliphatic carbocycles. The monoisotopic (exact) mass is 450 g/mol. The number of primary amides is 1. The van der Waals surface area contributed by atoms with Crippen LogP contribution in [0.25, 0.3) is 5.76 Å². The van der Waals surface area contributed by atoms with Gasteiger partial charge in [0.2, 0.25) is 5.78 Å². The summed E-state index contributed by atoms with van der Waals surface area (Å²) in [6.07, 6.45) is -2.23. The molecule has 1 amide bonds. The molecule has 0 saturated heterocycles. The fourth-order valence-corrected chi connectivity index (χ4v) is 5.25. The summed E-state index contributed by atoms with van der Waals surface area (Å²) in [6.45, 7) is 1.60. The Bertz CT molecular complexity index is 1160. The van der Waals surface area contributed by atoms with Gasteiger partial charge in [0.15, 0.2) is 17.1 Å². The number of carbonyl (C=O) groups excluding carboxylic acids is 3. The molecule has 1 saturated carbocycles. The van der Waals surface area contributed by atoms with E-state index in [0.717, 1.165) is 0 Å². The standard InChI is InChI=1S/C20H19ClN2O8/c1-4-5-2-7(21)13(22)16(27)10(5)15(26)12-9(4)14(25)6-3-8(24)11(19(23)30)17(28)20(6,31)18(12)29/h2,4,6,9,14,25-28,31H,3,22H2,1H3,(H2,23,30)/t4-,6+,9+,14-,20+/m0/s1. The summed E-state index contributed by atoms with van der Waals surface area (Å²) in [4.78, 5) is 37.4. The quantitative estimate of drug-likeness (QED) is 0.177. The van der Waals surface area contributed by atoms with Crippen LogP contribution in [-0.4, -0.2) is 54.7 Å². The van der Waals surface area contributed by atoms with Crippen LogP contribution in [0.4, 0.5) is 5.69 Å². The summed E-state index contributed by atoms with van der Waals surface area (Å²) in [5.74, 6) is -9.46. The summed E-state index contributed by atoms with van der Waals surface area (Å²) >= 11 is 6.04. The molecule has 164 valence electrons. The number of aliphatic hydroxyl groups excluding tert-OH is 3. The van der Waals surface area contributed by atoms with Crippen molar-refractivity contribution >= 4 is 40.5 Å². The van der Waals surface area contributed by atoms with Crippen LogP contribution in [0.1, 0.15) is 30.4 Å². The van der Waals surface area contributed by atoms with Crippen LogP contribution < -0.4 is 11.5 Å². The highest BCUT2D eigenvalue weighted by Crippen LogP contribution is 2.56. The maximum atomic E-state index is 13.4. The van der Waals surface area contributed by atoms with E-state index in [4.69, 9.17) is 23.1 Å². The lowest BCUT2D eigenvalue weighted by atomic mass is 9.55. The molecule has 5 atom stereocenters. The number of nitrogen functional groups attached to an aromatic ring is 1. The number of fused-ring (bicyclic) bond motifs is 3. The van der Waals surface area contributed by atoms with Crippen molar-refractivity contribution in [3.63, 3.8) is 0 Å². The van der Waals surface area contributed by atoms with Crippen molar-refractivity contribution in [2.75, 3.05) is 5.73 Å². The first-order valence-corrected chi connectivity index (χ1v) is 9.69. The first-order valence-electron chi connectivity index (χ1n) is 9.31. The van der Waals surface area contributed by atoms with E-state index in [9.17, 15) is 39.9 Å². The Morgan fingerprint density at radius 1 is 1.26 bits per heavy atom. The van der Waals surface area contributed by atoms with Crippen LogP contribution in [0.5, 0.6) is 5.75 Å². The van der Waals surface area contributed by atoms with Crippen LogP contribution in [-0.2, 0) is 14.4 Å². The fourth-order valence-electron chi connectivity index (χ4n) is 5.04. The predicted molar refractivity (Wildman–Crippen MR) is 107 cm³/mol. The molecule has 0 heterocycles. The summed E-state index contributed by atoms with van der Waals surface area (Å²) in [7, 11) is 0. The number of phenols is 1. The summed E-state index contributed by atoms with van der Waals surface area (Å²) in [5, 5.41) is 54.1. The second-order valence-corrected chi connectivity index (χ2v) is 8.48. The minimum Gasteiger partial charge on any atom is -0.508 e. The number of halogens is 1. The van der Waals surface area contributed by atoms with E-state index < -0.39 is 81.8 Å². The number of anilines is 1. The van der Waals surface area contributed by atoms with E-state index in [1.807, 2.05) is 0 Å². The number of aliphatic hydroxyl groups is 4. The third kappa shape index (κ3) is 2.43. The van der Waals surface area contributed by atoms with Crippen LogP contribution >= 0.6 is 11.6 Å². The second kappa shape index (κ2) is 6.46. The van der Waals surface area contributed by atoms with Gasteiger partial charge in [0, 0.05) is 23.8 Å². The molecular weight excluding hydrogens is 432 g/mol. The van der Waals surface area contributed by atoms with Crippen molar-refractivity contribution < 1.29 is 39.9 Å². The third-order valence-electron chi connectivity index (χ3n) is 6.61. The van der Waals surface area contributed by atoms with Crippen LogP contribution in [0.2, 0.25) is 5.02 Å². The molecule has 11 heteroatoms. The Balaban J connectivity index is 2.04. The molecule has 0 radical (unpaired) electrons. The normalized spacial score (nSPS) is 32.5. The lowest BCUT2D eigenvalue weighted by molar-refractivity contribution is -0.160. The van der Waals surface area contributed by atoms with Crippen LogP contribution in [0.15, 0.2) is 23.0 Å². The molecule has 0 aliphatic heterocycles. The summed E-state index contributed by atoms with van der Waals surface area (Å²) in [5.41, 5.74) is 6.40. The molecular formula is C20H19ClN2O8. The molecule has 3 aliphatic rings. The van der Waals surface area contributed by atoms with E-state index >= 15 is 0 Å². The first-order chi connectivity index (χ1) is 14.3. The summed E-state index contributed by atoms with van der Waals surface area (Å²) in [6, 6.07) is 1.39. The number of phenolic OH excluding ortho intramolecular Hbond substituents is 1. The Hall–Kier alpha value is -3.08. The Morgan fingerprint density at radius 2 is 1.87 bits per heavy atom. The molecule has 1 aromatic carbocycles. The highest BCUT2D eigenvalue weighted by molar-refractivity contribution is 6.33. The minimum atomic E-state index is -2.87. The summed E-state index contributed by atoms with van der Waals surface area (Å²) < 4.78 is 0. The van der Waals surface area contributed by atoms with Crippen LogP contribution in [0, 0.1) is 11.8 Å². The molecule has 1 fully saturated rings. The SMILES string of the molecule is C[C@H]1c2cc(Cl)c(N)c(O)c2C(O)=C2C(=O)[C@]3(O)C(O)=C(C(N)=O)C(=O)C[C@@H]3[C@H](O)[C@@H]21. The van der Waals surface area contributed by atoms with Gasteiger partial charge in [-0.2, -0.15) is 0 Å². The number of amides is 1. The lowest BCUT2D eigenvalue weighted by Gasteiger charge is -2.50. The number of aromatic hydroxyl groups is 1. The van der Waals surface area contributed by atoms with Gasteiger partial charge in [-0.05, 0) is 17.5 Å². The molecule has 31 heavy (non-hydrogen) atoms. The Kier molecular flexibility index (Phi) is 4.41. The Labute approximate surface area is 180 Å². The highest BCUT2D eigenvalue weighted by atomic mass is 35.5. The van der Waals surface area contributed by atoms with Gasteiger partial charge in [-0.15, -0.1) is 0 Å². The second-order valence-electron chi connectivity index (χ2n) is 8.07. The van der Waals surface area contributed by atoms with Gasteiger partial charge in [-0.25, -0.2) is 0 Å². The van der Waals surface area contributed by atoms with Gasteiger partial charge in [0.25, 0.3) is 5.91 Å². The average Bonchev–Trinajstić information content (AvgIpc) is 2.69. The number of hydrogen-bond donors (Lipinski definition) is 7. The predicted octanol–water partition coefficient (Wildman–Crippen LogP) is 0.191. The van der Waals surface area contributed by atoms with Gasteiger partial charge < -0.3 is 37.0 Å². The van der Waals surface area contributed by atoms with Crippen molar-refractivity contribution in [1.29, 1.82) is 0 Å². The van der Waals surface area contributed by atoms with Gasteiger partial charge in [0.1, 0.15) is 17.1 Å². The number of hydrogen-bond acceptors (Lipinski definition) is 9. The number of carbonyl (C=O) groups is 3. The molecule has 10 nitrogen and oxygen atoms in total. The molecule has 0 spiro atoms. The topological polar surface area (TPSA) is 204 Å². The van der Waals surface area contributed by atoms with Crippen molar-refractivity contribution in [1.82, 2.24) is 0 Å². The Morgan fingerprint density at radius 3 is 2.45 bits per heavy atom. The number of nitrogens with two attached hydrogens (primary N) is 2. The van der Waals surface area contributed by atoms with Gasteiger partial charge in [-0.1, -0.05) is 18.5 Å².